The number of amides is 1. The van der Waals surface area contributed by atoms with E-state index in [1.807, 2.05) is 25.1 Å². The lowest BCUT2D eigenvalue weighted by Gasteiger charge is -2.05. The fourth-order valence-corrected chi connectivity index (χ4v) is 2.38. The molecule has 0 aliphatic heterocycles. The van der Waals surface area contributed by atoms with E-state index in [0.717, 1.165) is 22.0 Å². The summed E-state index contributed by atoms with van der Waals surface area (Å²) in [4.78, 5) is 12.3. The fourth-order valence-electron chi connectivity index (χ4n) is 2.38. The van der Waals surface area contributed by atoms with Gasteiger partial charge >= 0.3 is 0 Å². The third kappa shape index (κ3) is 2.70. The molecular formula is C17H16FN3O. The van der Waals surface area contributed by atoms with Crippen molar-refractivity contribution in [3.8, 4) is 0 Å². The number of H-pyrrole nitrogens is 1. The second-order valence-electron chi connectivity index (χ2n) is 5.39. The number of carbonyl (C=O) groups excluding carboxylic acids is 1. The molecule has 22 heavy (non-hydrogen) atoms. The molecule has 0 unspecified atom stereocenters. The number of hydrogen-bond donors (Lipinski definition) is 2. The number of nitrogens with zero attached hydrogens (tertiary/aromatic N) is 1. The van der Waals surface area contributed by atoms with Gasteiger partial charge in [0.05, 0.1) is 5.52 Å². The summed E-state index contributed by atoms with van der Waals surface area (Å²) in [7, 11) is 0. The highest BCUT2D eigenvalue weighted by molar-refractivity contribution is 6.04. The molecule has 2 N–H and O–H groups in total. The maximum Gasteiger partial charge on any atom is 0.272 e. The van der Waals surface area contributed by atoms with Crippen LogP contribution in [0.1, 0.15) is 27.2 Å². The van der Waals surface area contributed by atoms with Crippen LogP contribution < -0.4 is 5.32 Å². The lowest BCUT2D eigenvalue weighted by atomic mass is 10.1. The largest absolute Gasteiger partial charge is 0.347 e. The van der Waals surface area contributed by atoms with Gasteiger partial charge in [0, 0.05) is 11.9 Å². The predicted octanol–water partition coefficient (Wildman–Crippen LogP) is 3.25. The normalized spacial score (nSPS) is 10.9. The molecule has 0 bridgehead atoms. The average Bonchev–Trinajstić information content (AvgIpc) is 2.91. The number of benzene rings is 2. The highest BCUT2D eigenvalue weighted by atomic mass is 19.1. The molecule has 2 aromatic carbocycles. The molecule has 0 aliphatic rings. The van der Waals surface area contributed by atoms with Crippen LogP contribution in [0.3, 0.4) is 0 Å². The summed E-state index contributed by atoms with van der Waals surface area (Å²) in [5, 5.41) is 10.5. The first-order valence-corrected chi connectivity index (χ1v) is 7.02. The van der Waals surface area contributed by atoms with Gasteiger partial charge in [-0.2, -0.15) is 5.10 Å². The quantitative estimate of drug-likeness (QED) is 0.779. The number of nitrogens with one attached hydrogen (secondary N) is 2. The van der Waals surface area contributed by atoms with Crippen LogP contribution in [0, 0.1) is 19.7 Å². The Morgan fingerprint density at radius 3 is 2.82 bits per heavy atom. The van der Waals surface area contributed by atoms with Gasteiger partial charge < -0.3 is 5.32 Å². The van der Waals surface area contributed by atoms with Gasteiger partial charge in [0.2, 0.25) is 0 Å². The number of carbonyl (C=O) groups is 1. The molecule has 0 atom stereocenters. The first-order valence-electron chi connectivity index (χ1n) is 7.02. The van der Waals surface area contributed by atoms with Crippen molar-refractivity contribution in [3.05, 3.63) is 64.6 Å². The second kappa shape index (κ2) is 5.60. The van der Waals surface area contributed by atoms with E-state index >= 15 is 0 Å². The summed E-state index contributed by atoms with van der Waals surface area (Å²) in [6.45, 7) is 4.00. The molecule has 112 valence electrons. The van der Waals surface area contributed by atoms with E-state index in [9.17, 15) is 9.18 Å². The Hall–Kier alpha value is -2.69. The van der Waals surface area contributed by atoms with Crippen LogP contribution in [0.15, 0.2) is 36.4 Å². The van der Waals surface area contributed by atoms with Gasteiger partial charge in [-0.3, -0.25) is 9.89 Å². The number of rotatable bonds is 3. The molecule has 0 aliphatic carbocycles. The first-order chi connectivity index (χ1) is 10.5. The maximum absolute atomic E-state index is 13.2. The van der Waals surface area contributed by atoms with Crippen LogP contribution in [0.4, 0.5) is 4.39 Å². The smallest absolute Gasteiger partial charge is 0.272 e. The fraction of sp³-hybridized carbons (Fsp3) is 0.176. The molecule has 1 amide bonds. The Labute approximate surface area is 127 Å². The minimum atomic E-state index is -0.251. The van der Waals surface area contributed by atoms with Crippen LogP contribution in [0.25, 0.3) is 10.9 Å². The second-order valence-corrected chi connectivity index (χ2v) is 5.39. The molecule has 1 aromatic heterocycles. The highest BCUT2D eigenvalue weighted by Crippen LogP contribution is 2.17. The third-order valence-corrected chi connectivity index (χ3v) is 3.61. The number of aryl methyl sites for hydroxylation is 2. The highest BCUT2D eigenvalue weighted by Gasteiger charge is 2.14. The van der Waals surface area contributed by atoms with Crippen molar-refractivity contribution in [1.29, 1.82) is 0 Å². The zero-order valence-electron chi connectivity index (χ0n) is 12.4. The molecule has 0 saturated carbocycles. The SMILES string of the molecule is Cc1ccc2[nH]nc(C(=O)NCc3ccc(F)c(C)c3)c2c1. The van der Waals surface area contributed by atoms with Crippen molar-refractivity contribution in [2.75, 3.05) is 0 Å². The van der Waals surface area contributed by atoms with Crippen molar-refractivity contribution in [2.24, 2.45) is 0 Å². The maximum atomic E-state index is 13.2. The number of aromatic nitrogens is 2. The Balaban J connectivity index is 1.78. The van der Waals surface area contributed by atoms with E-state index < -0.39 is 0 Å². The summed E-state index contributed by atoms with van der Waals surface area (Å²) in [5.41, 5.74) is 3.68. The zero-order chi connectivity index (χ0) is 15.7. The van der Waals surface area contributed by atoms with Crippen molar-refractivity contribution < 1.29 is 9.18 Å². The number of hydrogen-bond acceptors (Lipinski definition) is 2. The topological polar surface area (TPSA) is 57.8 Å². The van der Waals surface area contributed by atoms with Crippen LogP contribution in [-0.2, 0) is 6.54 Å². The Kier molecular flexibility index (Phi) is 3.63. The Morgan fingerprint density at radius 1 is 1.23 bits per heavy atom. The standard InChI is InChI=1S/C17H16FN3O/c1-10-3-6-15-13(7-10)16(21-20-15)17(22)19-9-12-4-5-14(18)11(2)8-12/h3-8H,9H2,1-2H3,(H,19,22)(H,20,21). The van der Waals surface area contributed by atoms with Crippen LogP contribution in [0.2, 0.25) is 0 Å². The monoisotopic (exact) mass is 297 g/mol. The Morgan fingerprint density at radius 2 is 2.05 bits per heavy atom. The van der Waals surface area contributed by atoms with Crippen LogP contribution in [0.5, 0.6) is 0 Å². The van der Waals surface area contributed by atoms with Gasteiger partial charge in [0.15, 0.2) is 5.69 Å². The predicted molar refractivity (Wildman–Crippen MR) is 83.1 cm³/mol. The van der Waals surface area contributed by atoms with Crippen molar-refractivity contribution in [1.82, 2.24) is 15.5 Å². The van der Waals surface area contributed by atoms with Crippen molar-refractivity contribution >= 4 is 16.8 Å². The minimum absolute atomic E-state index is 0.246. The number of halogens is 1. The van der Waals surface area contributed by atoms with Gasteiger partial charge in [0.25, 0.3) is 5.91 Å². The van der Waals surface area contributed by atoms with Gasteiger partial charge in [-0.25, -0.2) is 4.39 Å². The molecule has 1 heterocycles. The average molecular weight is 297 g/mol. The lowest BCUT2D eigenvalue weighted by molar-refractivity contribution is 0.0947. The van der Waals surface area contributed by atoms with Crippen molar-refractivity contribution in [3.63, 3.8) is 0 Å². The van der Waals surface area contributed by atoms with Crippen LogP contribution in [-0.4, -0.2) is 16.1 Å². The number of fused-ring (bicyclic) bond motifs is 1. The van der Waals surface area contributed by atoms with Gasteiger partial charge in [0.1, 0.15) is 5.82 Å². The Bertz CT molecular complexity index is 854. The van der Waals surface area contributed by atoms with E-state index in [0.29, 0.717) is 17.8 Å². The molecule has 0 radical (unpaired) electrons. The van der Waals surface area contributed by atoms with E-state index in [2.05, 4.69) is 15.5 Å². The third-order valence-electron chi connectivity index (χ3n) is 3.61. The molecule has 0 spiro atoms. The summed E-state index contributed by atoms with van der Waals surface area (Å²) in [5.74, 6) is -0.498. The van der Waals surface area contributed by atoms with Crippen molar-refractivity contribution in [2.45, 2.75) is 20.4 Å². The summed E-state index contributed by atoms with van der Waals surface area (Å²) >= 11 is 0. The van der Waals surface area contributed by atoms with E-state index in [1.54, 1.807) is 19.1 Å². The number of aromatic amines is 1. The summed E-state index contributed by atoms with van der Waals surface area (Å²) in [6, 6.07) is 10.6. The summed E-state index contributed by atoms with van der Waals surface area (Å²) in [6.07, 6.45) is 0. The zero-order valence-corrected chi connectivity index (χ0v) is 12.4. The molecular weight excluding hydrogens is 281 g/mol. The lowest BCUT2D eigenvalue weighted by Crippen LogP contribution is -2.23. The van der Waals surface area contributed by atoms with Crippen LogP contribution >= 0.6 is 0 Å². The summed E-state index contributed by atoms with van der Waals surface area (Å²) < 4.78 is 13.2. The van der Waals surface area contributed by atoms with Gasteiger partial charge in [-0.1, -0.05) is 23.8 Å². The molecule has 4 nitrogen and oxygen atoms in total. The van der Waals surface area contributed by atoms with Gasteiger partial charge in [-0.05, 0) is 43.2 Å². The van der Waals surface area contributed by atoms with E-state index in [1.165, 1.54) is 6.07 Å². The molecule has 3 rings (SSSR count). The van der Waals surface area contributed by atoms with Gasteiger partial charge in [-0.15, -0.1) is 0 Å². The van der Waals surface area contributed by atoms with E-state index in [4.69, 9.17) is 0 Å². The molecule has 0 fully saturated rings. The molecule has 5 heteroatoms. The van der Waals surface area contributed by atoms with E-state index in [-0.39, 0.29) is 11.7 Å². The molecule has 0 saturated heterocycles. The minimum Gasteiger partial charge on any atom is -0.347 e. The molecule has 3 aromatic rings. The first kappa shape index (κ1) is 14.3.